The molecule has 1 fully saturated rings. The van der Waals surface area contributed by atoms with Crippen LogP contribution in [0.2, 0.25) is 5.02 Å². The number of aliphatic hydroxyl groups excluding tert-OH is 2. The molecule has 1 aromatic heterocycles. The van der Waals surface area contributed by atoms with E-state index < -0.39 is 24.1 Å². The van der Waals surface area contributed by atoms with Crippen LogP contribution in [0.5, 0.6) is 0 Å². The van der Waals surface area contributed by atoms with Gasteiger partial charge in [0.15, 0.2) is 0 Å². The summed E-state index contributed by atoms with van der Waals surface area (Å²) in [7, 11) is 0. The van der Waals surface area contributed by atoms with E-state index in [1.807, 2.05) is 30.3 Å². The molecule has 146 valence electrons. The van der Waals surface area contributed by atoms with Crippen LogP contribution in [-0.4, -0.2) is 38.6 Å². The van der Waals surface area contributed by atoms with Crippen LogP contribution in [0.3, 0.4) is 0 Å². The number of para-hydroxylation sites is 1. The van der Waals surface area contributed by atoms with Gasteiger partial charge in [0.2, 0.25) is 5.79 Å². The molecule has 4 atom stereocenters. The molecule has 0 radical (unpaired) electrons. The lowest BCUT2D eigenvalue weighted by molar-refractivity contribution is -0.234. The van der Waals surface area contributed by atoms with Gasteiger partial charge < -0.3 is 30.4 Å². The van der Waals surface area contributed by atoms with Crippen LogP contribution in [0.4, 0.5) is 11.4 Å². The Hall–Kier alpha value is -2.35. The molecule has 0 bridgehead atoms. The molecule has 1 aliphatic rings. The summed E-state index contributed by atoms with van der Waals surface area (Å²) in [5.41, 5.74) is 3.23. The van der Waals surface area contributed by atoms with Gasteiger partial charge in [-0.05, 0) is 25.1 Å². The van der Waals surface area contributed by atoms with E-state index in [1.165, 1.54) is 0 Å². The third-order valence-electron chi connectivity index (χ3n) is 5.04. The molecular weight excluding hydrogens is 380 g/mol. The van der Waals surface area contributed by atoms with E-state index in [0.29, 0.717) is 16.3 Å². The van der Waals surface area contributed by atoms with Gasteiger partial charge in [-0.15, -0.1) is 0 Å². The number of hydrogen-bond donors (Lipinski definition) is 5. The fraction of sp³-hybridized carbons (Fsp3) is 0.238. The van der Waals surface area contributed by atoms with E-state index in [2.05, 4.69) is 10.3 Å². The molecule has 28 heavy (non-hydrogen) atoms. The molecule has 0 aliphatic carbocycles. The highest BCUT2D eigenvalue weighted by Gasteiger charge is 2.53. The van der Waals surface area contributed by atoms with Crippen LogP contribution in [0, 0.1) is 0 Å². The maximum atomic E-state index is 11.0. The summed E-state index contributed by atoms with van der Waals surface area (Å²) in [6.45, 7) is 1.60. The summed E-state index contributed by atoms with van der Waals surface area (Å²) in [6.07, 6.45) is -1.59. The molecule has 6 nitrogen and oxygen atoms in total. The van der Waals surface area contributed by atoms with Gasteiger partial charge in [0.25, 0.3) is 0 Å². The van der Waals surface area contributed by atoms with Crippen LogP contribution in [0.15, 0.2) is 60.8 Å². The Bertz CT molecular complexity index is 992. The average Bonchev–Trinajstić information content (AvgIpc) is 3.22. The first-order chi connectivity index (χ1) is 13.4. The molecule has 1 aliphatic heterocycles. The molecule has 2 aromatic carbocycles. The lowest BCUT2D eigenvalue weighted by Gasteiger charge is -2.28. The van der Waals surface area contributed by atoms with Gasteiger partial charge in [0, 0.05) is 28.0 Å². The van der Waals surface area contributed by atoms with Gasteiger partial charge in [0.1, 0.15) is 12.2 Å². The normalized spacial score (nSPS) is 27.1. The van der Waals surface area contributed by atoms with Crippen molar-refractivity contribution in [1.29, 1.82) is 0 Å². The Morgan fingerprint density at radius 1 is 1.04 bits per heavy atom. The number of nitrogens with one attached hydrogen (secondary N) is 2. The SMILES string of the molecule is C[C@H]1O[C@@](O)(c2ccccc2Nc2cc[nH]c2-c2ccccc2Cl)[C@H](O)[C@@H]1O. The molecule has 5 N–H and O–H groups in total. The number of aromatic amines is 1. The molecule has 1 saturated heterocycles. The van der Waals surface area contributed by atoms with E-state index >= 15 is 0 Å². The van der Waals surface area contributed by atoms with E-state index in [4.69, 9.17) is 16.3 Å². The smallest absolute Gasteiger partial charge is 0.224 e. The highest BCUT2D eigenvalue weighted by molar-refractivity contribution is 6.33. The van der Waals surface area contributed by atoms with E-state index in [-0.39, 0.29) is 0 Å². The number of rotatable bonds is 4. The zero-order valence-electron chi connectivity index (χ0n) is 15.1. The zero-order valence-corrected chi connectivity index (χ0v) is 15.9. The number of anilines is 2. The Morgan fingerprint density at radius 2 is 1.75 bits per heavy atom. The number of aromatic nitrogens is 1. The van der Waals surface area contributed by atoms with Crippen LogP contribution in [-0.2, 0) is 10.5 Å². The Kier molecular flexibility index (Phi) is 4.91. The Labute approximate surface area is 167 Å². The van der Waals surface area contributed by atoms with Crippen molar-refractivity contribution < 1.29 is 20.1 Å². The van der Waals surface area contributed by atoms with Crippen LogP contribution in [0.25, 0.3) is 11.3 Å². The highest BCUT2D eigenvalue weighted by atomic mass is 35.5. The van der Waals surface area contributed by atoms with Crippen molar-refractivity contribution in [1.82, 2.24) is 4.98 Å². The molecule has 0 amide bonds. The van der Waals surface area contributed by atoms with Crippen molar-refractivity contribution in [2.45, 2.75) is 31.0 Å². The number of aliphatic hydroxyl groups is 3. The van der Waals surface area contributed by atoms with Gasteiger partial charge >= 0.3 is 0 Å². The molecule has 4 rings (SSSR count). The second-order valence-electron chi connectivity index (χ2n) is 6.87. The van der Waals surface area contributed by atoms with Crippen molar-refractivity contribution in [2.75, 3.05) is 5.32 Å². The van der Waals surface area contributed by atoms with E-state index in [0.717, 1.165) is 16.9 Å². The molecule has 2 heterocycles. The molecule has 0 saturated carbocycles. The Morgan fingerprint density at radius 3 is 2.46 bits per heavy atom. The number of ether oxygens (including phenoxy) is 1. The summed E-state index contributed by atoms with van der Waals surface area (Å²) in [4.78, 5) is 3.17. The summed E-state index contributed by atoms with van der Waals surface area (Å²) >= 11 is 6.33. The lowest BCUT2D eigenvalue weighted by atomic mass is 9.96. The minimum absolute atomic E-state index is 0.331. The van der Waals surface area contributed by atoms with Gasteiger partial charge in [-0.2, -0.15) is 0 Å². The molecule has 7 heteroatoms. The Balaban J connectivity index is 1.73. The molecule has 3 aromatic rings. The number of benzene rings is 2. The van der Waals surface area contributed by atoms with Gasteiger partial charge in [0.05, 0.1) is 17.5 Å². The lowest BCUT2D eigenvalue weighted by Crippen LogP contribution is -2.41. The molecular formula is C21H21ClN2O4. The largest absolute Gasteiger partial charge is 0.387 e. The average molecular weight is 401 g/mol. The van der Waals surface area contributed by atoms with Crippen molar-refractivity contribution in [3.05, 3.63) is 71.4 Å². The minimum atomic E-state index is -2.02. The fourth-order valence-corrected chi connectivity index (χ4v) is 3.77. The van der Waals surface area contributed by atoms with E-state index in [1.54, 1.807) is 37.4 Å². The van der Waals surface area contributed by atoms with Gasteiger partial charge in [-0.25, -0.2) is 0 Å². The summed E-state index contributed by atoms with van der Waals surface area (Å²) in [5, 5.41) is 35.3. The summed E-state index contributed by atoms with van der Waals surface area (Å²) < 4.78 is 5.54. The molecule has 0 unspecified atom stereocenters. The third-order valence-corrected chi connectivity index (χ3v) is 5.37. The zero-order chi connectivity index (χ0) is 19.9. The highest BCUT2D eigenvalue weighted by Crippen LogP contribution is 2.42. The first kappa shape index (κ1) is 19.0. The fourth-order valence-electron chi connectivity index (χ4n) is 3.54. The summed E-state index contributed by atoms with van der Waals surface area (Å²) in [5.74, 6) is -2.02. The predicted octanol–water partition coefficient (Wildman–Crippen LogP) is 3.36. The number of halogens is 1. The van der Waals surface area contributed by atoms with Crippen molar-refractivity contribution >= 4 is 23.0 Å². The standard InChI is InChI=1S/C21H21ClN2O4/c1-12-19(25)20(26)21(27,28-12)14-7-3-5-9-16(14)24-17-10-11-23-18(17)13-6-2-4-8-15(13)22/h2-12,19-20,23-27H,1H3/t12-,19-,20-,21+/m1/s1. The number of hydrogen-bond acceptors (Lipinski definition) is 5. The topological polar surface area (TPSA) is 97.7 Å². The first-order valence-corrected chi connectivity index (χ1v) is 9.34. The maximum Gasteiger partial charge on any atom is 0.224 e. The van der Waals surface area contributed by atoms with E-state index in [9.17, 15) is 15.3 Å². The number of H-pyrrole nitrogens is 1. The van der Waals surface area contributed by atoms with Crippen LogP contribution in [0.1, 0.15) is 12.5 Å². The van der Waals surface area contributed by atoms with Crippen molar-refractivity contribution in [3.8, 4) is 11.3 Å². The summed E-state index contributed by atoms with van der Waals surface area (Å²) in [6, 6.07) is 16.3. The second kappa shape index (κ2) is 7.24. The van der Waals surface area contributed by atoms with Gasteiger partial charge in [-0.3, -0.25) is 0 Å². The second-order valence-corrected chi connectivity index (χ2v) is 7.28. The van der Waals surface area contributed by atoms with Crippen LogP contribution >= 0.6 is 11.6 Å². The maximum absolute atomic E-state index is 11.0. The van der Waals surface area contributed by atoms with Crippen molar-refractivity contribution in [2.24, 2.45) is 0 Å². The van der Waals surface area contributed by atoms with Crippen molar-refractivity contribution in [3.63, 3.8) is 0 Å². The monoisotopic (exact) mass is 400 g/mol. The third kappa shape index (κ3) is 3.09. The van der Waals surface area contributed by atoms with Gasteiger partial charge in [-0.1, -0.05) is 48.0 Å². The van der Waals surface area contributed by atoms with Crippen LogP contribution < -0.4 is 5.32 Å². The quantitative estimate of drug-likeness (QED) is 0.462. The first-order valence-electron chi connectivity index (χ1n) is 8.97. The predicted molar refractivity (Wildman–Crippen MR) is 107 cm³/mol. The molecule has 0 spiro atoms. The minimum Gasteiger partial charge on any atom is -0.387 e.